The molecule has 24 heavy (non-hydrogen) atoms. The number of primary amides is 1. The molecule has 4 nitrogen and oxygen atoms in total. The van der Waals surface area contributed by atoms with Crippen molar-refractivity contribution in [2.75, 3.05) is 5.32 Å². The lowest BCUT2D eigenvalue weighted by Crippen LogP contribution is -2.29. The fraction of sp³-hybridized carbons (Fsp3) is 0.550. The average Bonchev–Trinajstić information content (AvgIpc) is 2.54. The average molecular weight is 328 g/mol. The molecule has 1 amide bonds. The lowest BCUT2D eigenvalue weighted by molar-refractivity contribution is 0.100. The van der Waals surface area contributed by atoms with E-state index in [1.165, 1.54) is 0 Å². The van der Waals surface area contributed by atoms with Crippen LogP contribution in [0.1, 0.15) is 68.3 Å². The minimum absolute atomic E-state index is 0.192. The second-order valence-corrected chi connectivity index (χ2v) is 7.01. The van der Waals surface area contributed by atoms with Gasteiger partial charge in [-0.1, -0.05) is 25.7 Å². The quantitative estimate of drug-likeness (QED) is 0.726. The van der Waals surface area contributed by atoms with Crippen molar-refractivity contribution < 1.29 is 9.90 Å². The van der Waals surface area contributed by atoms with Gasteiger partial charge >= 0.3 is 0 Å². The van der Waals surface area contributed by atoms with Crippen molar-refractivity contribution >= 4 is 11.6 Å². The summed E-state index contributed by atoms with van der Waals surface area (Å²) in [6, 6.07) is 5.85. The second kappa shape index (κ2) is 8.75. The van der Waals surface area contributed by atoms with Crippen LogP contribution in [-0.2, 0) is 0 Å². The molecule has 1 aliphatic rings. The molecular weight excluding hydrogens is 300 g/mol. The van der Waals surface area contributed by atoms with Crippen molar-refractivity contribution in [3.05, 3.63) is 29.3 Å². The normalized spacial score (nSPS) is 20.3. The lowest BCUT2D eigenvalue weighted by atomic mass is 9.92. The summed E-state index contributed by atoms with van der Waals surface area (Å²) < 4.78 is 0. The van der Waals surface area contributed by atoms with Crippen LogP contribution >= 0.6 is 0 Å². The van der Waals surface area contributed by atoms with Crippen LogP contribution in [-0.4, -0.2) is 23.2 Å². The maximum Gasteiger partial charge on any atom is 0.250 e. The Hall–Kier alpha value is -1.99. The van der Waals surface area contributed by atoms with Crippen LogP contribution in [0.3, 0.4) is 0 Å². The van der Waals surface area contributed by atoms with Crippen LogP contribution in [0.2, 0.25) is 0 Å². The Kier molecular flexibility index (Phi) is 6.69. The topological polar surface area (TPSA) is 75.3 Å². The fourth-order valence-corrected chi connectivity index (χ4v) is 2.92. The van der Waals surface area contributed by atoms with Gasteiger partial charge in [-0.05, 0) is 56.2 Å². The molecule has 130 valence electrons. The smallest absolute Gasteiger partial charge is 0.250 e. The van der Waals surface area contributed by atoms with Gasteiger partial charge in [-0.15, -0.1) is 0 Å². The first-order valence-electron chi connectivity index (χ1n) is 8.83. The zero-order chi connectivity index (χ0) is 17.5. The molecule has 0 heterocycles. The van der Waals surface area contributed by atoms with Gasteiger partial charge in [0.05, 0.1) is 11.7 Å². The van der Waals surface area contributed by atoms with Gasteiger partial charge in [-0.2, -0.15) is 0 Å². The molecule has 4 heteroatoms. The van der Waals surface area contributed by atoms with E-state index in [0.29, 0.717) is 11.5 Å². The molecule has 0 aliphatic heterocycles. The third-order valence-electron chi connectivity index (χ3n) is 4.42. The van der Waals surface area contributed by atoms with Gasteiger partial charge in [-0.3, -0.25) is 4.79 Å². The van der Waals surface area contributed by atoms with Gasteiger partial charge in [0.25, 0.3) is 5.91 Å². The number of amides is 1. The van der Waals surface area contributed by atoms with Gasteiger partial charge in [0.15, 0.2) is 0 Å². The number of rotatable bonds is 5. The first kappa shape index (κ1) is 18.4. The highest BCUT2D eigenvalue weighted by Gasteiger charge is 2.20. The number of carbonyl (C=O) groups excluding carboxylic acids is 1. The maximum absolute atomic E-state index is 11.8. The first-order chi connectivity index (χ1) is 11.5. The molecule has 1 aromatic rings. The number of aliphatic hydroxyl groups is 1. The number of hydrogen-bond donors (Lipinski definition) is 3. The van der Waals surface area contributed by atoms with E-state index in [4.69, 9.17) is 5.73 Å². The van der Waals surface area contributed by atoms with E-state index in [2.05, 4.69) is 31.0 Å². The summed E-state index contributed by atoms with van der Waals surface area (Å²) in [5.74, 6) is 6.46. The van der Waals surface area contributed by atoms with Crippen molar-refractivity contribution in [2.24, 2.45) is 11.7 Å². The van der Waals surface area contributed by atoms with Crippen LogP contribution in [0.15, 0.2) is 18.2 Å². The summed E-state index contributed by atoms with van der Waals surface area (Å²) in [7, 11) is 0. The first-order valence-corrected chi connectivity index (χ1v) is 8.83. The highest BCUT2D eigenvalue weighted by molar-refractivity contribution is 5.99. The SMILES string of the molecule is CC(C)CCC#Cc1ccc(NC2CCC(O)CC2)c(C(N)=O)c1. The standard InChI is InChI=1S/C20H28N2O2/c1-14(2)5-3-4-6-15-7-12-19(18(13-15)20(21)24)22-16-8-10-17(23)11-9-16/h7,12-14,16-17,22-23H,3,5,8-11H2,1-2H3,(H2,21,24). The van der Waals surface area contributed by atoms with E-state index in [1.807, 2.05) is 12.1 Å². The Bertz CT molecular complexity index is 620. The van der Waals surface area contributed by atoms with E-state index in [1.54, 1.807) is 6.07 Å². The summed E-state index contributed by atoms with van der Waals surface area (Å²) >= 11 is 0. The number of nitrogens with two attached hydrogens (primary N) is 1. The highest BCUT2D eigenvalue weighted by Crippen LogP contribution is 2.24. The molecule has 0 atom stereocenters. The van der Waals surface area contributed by atoms with Crippen molar-refractivity contribution in [3.8, 4) is 11.8 Å². The monoisotopic (exact) mass is 328 g/mol. The van der Waals surface area contributed by atoms with Crippen LogP contribution in [0.4, 0.5) is 5.69 Å². The molecule has 1 aromatic carbocycles. The molecule has 2 rings (SSSR count). The lowest BCUT2D eigenvalue weighted by Gasteiger charge is -2.27. The summed E-state index contributed by atoms with van der Waals surface area (Å²) in [6.45, 7) is 4.36. The summed E-state index contributed by atoms with van der Waals surface area (Å²) in [6.07, 6.45) is 5.12. The van der Waals surface area contributed by atoms with Crippen LogP contribution in [0, 0.1) is 17.8 Å². The number of hydrogen-bond acceptors (Lipinski definition) is 3. The van der Waals surface area contributed by atoms with Crippen LogP contribution < -0.4 is 11.1 Å². The van der Waals surface area contributed by atoms with Crippen LogP contribution in [0.5, 0.6) is 0 Å². The van der Waals surface area contributed by atoms with Gasteiger partial charge in [-0.25, -0.2) is 0 Å². The zero-order valence-corrected chi connectivity index (χ0v) is 14.6. The largest absolute Gasteiger partial charge is 0.393 e. The second-order valence-electron chi connectivity index (χ2n) is 7.01. The molecule has 1 aliphatic carbocycles. The Balaban J connectivity index is 2.07. The maximum atomic E-state index is 11.8. The molecular formula is C20H28N2O2. The molecule has 1 saturated carbocycles. The number of aliphatic hydroxyl groups excluding tert-OH is 1. The zero-order valence-electron chi connectivity index (χ0n) is 14.6. The Morgan fingerprint density at radius 1 is 1.33 bits per heavy atom. The predicted octanol–water partition coefficient (Wildman–Crippen LogP) is 3.29. The Labute approximate surface area is 144 Å². The summed E-state index contributed by atoms with van der Waals surface area (Å²) in [5.41, 5.74) is 7.60. The van der Waals surface area contributed by atoms with Gasteiger partial charge in [0.2, 0.25) is 0 Å². The van der Waals surface area contributed by atoms with E-state index in [9.17, 15) is 9.90 Å². The summed E-state index contributed by atoms with van der Waals surface area (Å²) in [4.78, 5) is 11.8. The fourth-order valence-electron chi connectivity index (χ4n) is 2.92. The number of benzene rings is 1. The molecule has 0 aromatic heterocycles. The highest BCUT2D eigenvalue weighted by atomic mass is 16.3. The molecule has 4 N–H and O–H groups in total. The van der Waals surface area contributed by atoms with E-state index in [-0.39, 0.29) is 12.1 Å². The molecule has 0 spiro atoms. The molecule has 1 fully saturated rings. The minimum atomic E-state index is -0.445. The molecule has 0 unspecified atom stereocenters. The van der Waals surface area contributed by atoms with Crippen molar-refractivity contribution in [2.45, 2.75) is 64.5 Å². The Morgan fingerprint density at radius 3 is 2.67 bits per heavy atom. The van der Waals surface area contributed by atoms with E-state index in [0.717, 1.165) is 49.8 Å². The van der Waals surface area contributed by atoms with Gasteiger partial charge in [0, 0.05) is 23.7 Å². The van der Waals surface area contributed by atoms with Crippen molar-refractivity contribution in [1.29, 1.82) is 0 Å². The van der Waals surface area contributed by atoms with Crippen LogP contribution in [0.25, 0.3) is 0 Å². The van der Waals surface area contributed by atoms with Gasteiger partial charge < -0.3 is 16.2 Å². The van der Waals surface area contributed by atoms with E-state index < -0.39 is 5.91 Å². The molecule has 0 bridgehead atoms. The number of carbonyl (C=O) groups is 1. The summed E-state index contributed by atoms with van der Waals surface area (Å²) in [5, 5.41) is 13.0. The number of anilines is 1. The van der Waals surface area contributed by atoms with E-state index >= 15 is 0 Å². The minimum Gasteiger partial charge on any atom is -0.393 e. The molecule has 0 saturated heterocycles. The molecule has 0 radical (unpaired) electrons. The Morgan fingerprint density at radius 2 is 2.04 bits per heavy atom. The van der Waals surface area contributed by atoms with Crippen molar-refractivity contribution in [1.82, 2.24) is 0 Å². The third kappa shape index (κ3) is 5.58. The number of nitrogens with one attached hydrogen (secondary N) is 1. The van der Waals surface area contributed by atoms with Crippen molar-refractivity contribution in [3.63, 3.8) is 0 Å². The third-order valence-corrected chi connectivity index (χ3v) is 4.42. The predicted molar refractivity (Wildman–Crippen MR) is 97.8 cm³/mol. The van der Waals surface area contributed by atoms with Gasteiger partial charge in [0.1, 0.15) is 0 Å².